The molecule has 2 heterocycles. The zero-order valence-electron chi connectivity index (χ0n) is 12.3. The lowest BCUT2D eigenvalue weighted by Crippen LogP contribution is -2.42. The molecule has 4 nitrogen and oxygen atoms in total. The molecule has 0 saturated carbocycles. The highest BCUT2D eigenvalue weighted by Crippen LogP contribution is 2.27. The average Bonchev–Trinajstić information content (AvgIpc) is 2.97. The summed E-state index contributed by atoms with van der Waals surface area (Å²) in [5, 5.41) is 10.3. The van der Waals surface area contributed by atoms with E-state index in [0.29, 0.717) is 12.3 Å². The predicted octanol–water partition coefficient (Wildman–Crippen LogP) is 2.77. The zero-order chi connectivity index (χ0) is 14.8. The topological polar surface area (TPSA) is 53.7 Å². The second-order valence-corrected chi connectivity index (χ2v) is 5.88. The van der Waals surface area contributed by atoms with E-state index in [4.69, 9.17) is 4.42 Å². The lowest BCUT2D eigenvalue weighted by Gasteiger charge is -2.33. The molecule has 1 amide bonds. The summed E-state index contributed by atoms with van der Waals surface area (Å²) in [7, 11) is 0. The van der Waals surface area contributed by atoms with E-state index < -0.39 is 0 Å². The Labute approximate surface area is 124 Å². The minimum Gasteiger partial charge on any atom is -0.460 e. The summed E-state index contributed by atoms with van der Waals surface area (Å²) in [4.78, 5) is 14.5. The second kappa shape index (κ2) is 5.90. The number of benzene rings is 1. The van der Waals surface area contributed by atoms with Crippen molar-refractivity contribution < 1.29 is 14.3 Å². The number of likely N-dealkylation sites (tertiary alicyclic amines) is 1. The van der Waals surface area contributed by atoms with Gasteiger partial charge in [-0.2, -0.15) is 0 Å². The van der Waals surface area contributed by atoms with Crippen molar-refractivity contribution in [1.29, 1.82) is 0 Å². The first-order valence-corrected chi connectivity index (χ1v) is 7.57. The molecule has 112 valence electrons. The van der Waals surface area contributed by atoms with E-state index in [1.165, 1.54) is 0 Å². The van der Waals surface area contributed by atoms with Crippen LogP contribution in [0.15, 0.2) is 34.7 Å². The minimum atomic E-state index is -0.283. The van der Waals surface area contributed by atoms with E-state index >= 15 is 0 Å². The third-order valence-corrected chi connectivity index (χ3v) is 4.33. The molecule has 0 aliphatic carbocycles. The van der Waals surface area contributed by atoms with Crippen LogP contribution in [0.2, 0.25) is 0 Å². The van der Waals surface area contributed by atoms with Gasteiger partial charge in [0.2, 0.25) is 5.91 Å². The van der Waals surface area contributed by atoms with Gasteiger partial charge in [-0.3, -0.25) is 4.79 Å². The van der Waals surface area contributed by atoms with Gasteiger partial charge in [-0.15, -0.1) is 0 Å². The van der Waals surface area contributed by atoms with E-state index in [0.717, 1.165) is 30.4 Å². The minimum absolute atomic E-state index is 0.0900. The number of furan rings is 1. The molecule has 2 aromatic rings. The normalized spacial score (nSPS) is 20.7. The number of aliphatic hydroxyl groups excluding tert-OH is 1. The summed E-state index contributed by atoms with van der Waals surface area (Å²) in [6.45, 7) is 3.48. The number of para-hydroxylation sites is 1. The van der Waals surface area contributed by atoms with Gasteiger partial charge in [0.25, 0.3) is 0 Å². The Morgan fingerprint density at radius 1 is 1.48 bits per heavy atom. The van der Waals surface area contributed by atoms with Gasteiger partial charge in [-0.05, 0) is 37.8 Å². The summed E-state index contributed by atoms with van der Waals surface area (Å²) in [5.41, 5.74) is 0.819. The van der Waals surface area contributed by atoms with E-state index in [2.05, 4.69) is 0 Å². The maximum absolute atomic E-state index is 12.6. The molecule has 3 rings (SSSR count). The van der Waals surface area contributed by atoms with Gasteiger partial charge in [-0.1, -0.05) is 18.2 Å². The molecular formula is C17H21NO3. The number of fused-ring (bicyclic) bond motifs is 1. The molecule has 21 heavy (non-hydrogen) atoms. The molecule has 0 bridgehead atoms. The van der Waals surface area contributed by atoms with Crippen LogP contribution in [-0.4, -0.2) is 35.6 Å². The fraction of sp³-hybridized carbons (Fsp3) is 0.471. The fourth-order valence-electron chi connectivity index (χ4n) is 3.03. The lowest BCUT2D eigenvalue weighted by molar-refractivity contribution is -0.134. The van der Waals surface area contributed by atoms with E-state index in [-0.39, 0.29) is 24.3 Å². The van der Waals surface area contributed by atoms with Gasteiger partial charge in [-0.25, -0.2) is 0 Å². The second-order valence-electron chi connectivity index (χ2n) is 5.88. The molecule has 4 heteroatoms. The maximum Gasteiger partial charge on any atom is 0.233 e. The van der Waals surface area contributed by atoms with Crippen LogP contribution in [0.4, 0.5) is 0 Å². The van der Waals surface area contributed by atoms with Crippen LogP contribution in [0.5, 0.6) is 0 Å². The van der Waals surface area contributed by atoms with Crippen LogP contribution in [0.25, 0.3) is 11.0 Å². The number of nitrogens with zero attached hydrogens (tertiary/aromatic N) is 1. The van der Waals surface area contributed by atoms with E-state index in [1.54, 1.807) is 0 Å². The molecular weight excluding hydrogens is 266 g/mol. The Kier molecular flexibility index (Phi) is 3.97. The van der Waals surface area contributed by atoms with E-state index in [9.17, 15) is 9.90 Å². The first-order valence-electron chi connectivity index (χ1n) is 7.57. The zero-order valence-corrected chi connectivity index (χ0v) is 12.3. The van der Waals surface area contributed by atoms with Crippen molar-refractivity contribution in [3.8, 4) is 0 Å². The van der Waals surface area contributed by atoms with Gasteiger partial charge in [0.05, 0.1) is 5.92 Å². The van der Waals surface area contributed by atoms with Gasteiger partial charge >= 0.3 is 0 Å². The monoisotopic (exact) mass is 287 g/mol. The number of aliphatic hydroxyl groups is 1. The molecule has 1 aliphatic heterocycles. The molecule has 1 aromatic heterocycles. The number of carbonyl (C=O) groups excluding carboxylic acids is 1. The Morgan fingerprint density at radius 3 is 3.05 bits per heavy atom. The van der Waals surface area contributed by atoms with Crippen LogP contribution >= 0.6 is 0 Å². The Balaban J connectivity index is 1.77. The Morgan fingerprint density at radius 2 is 2.29 bits per heavy atom. The summed E-state index contributed by atoms with van der Waals surface area (Å²) >= 11 is 0. The van der Waals surface area contributed by atoms with Crippen LogP contribution in [0.3, 0.4) is 0 Å². The number of hydrogen-bond donors (Lipinski definition) is 1. The molecule has 1 aliphatic rings. The number of piperidine rings is 1. The number of rotatable bonds is 3. The van der Waals surface area contributed by atoms with Crippen LogP contribution in [-0.2, 0) is 4.79 Å². The number of amides is 1. The van der Waals surface area contributed by atoms with Crippen molar-refractivity contribution in [2.75, 3.05) is 19.7 Å². The molecule has 0 spiro atoms. The highest BCUT2D eigenvalue weighted by molar-refractivity contribution is 5.85. The van der Waals surface area contributed by atoms with Gasteiger partial charge in [0.1, 0.15) is 11.3 Å². The third-order valence-electron chi connectivity index (χ3n) is 4.33. The van der Waals surface area contributed by atoms with E-state index in [1.807, 2.05) is 42.2 Å². The Bertz CT molecular complexity index is 601. The molecule has 1 aromatic carbocycles. The summed E-state index contributed by atoms with van der Waals surface area (Å²) in [6.07, 6.45) is 1.96. The third kappa shape index (κ3) is 2.81. The average molecular weight is 287 g/mol. The summed E-state index contributed by atoms with van der Waals surface area (Å²) < 4.78 is 5.80. The van der Waals surface area contributed by atoms with Crippen molar-refractivity contribution in [2.45, 2.75) is 25.7 Å². The lowest BCUT2D eigenvalue weighted by atomic mass is 9.97. The number of hydrogen-bond acceptors (Lipinski definition) is 3. The highest BCUT2D eigenvalue weighted by Gasteiger charge is 2.28. The first kappa shape index (κ1) is 14.1. The maximum atomic E-state index is 12.6. The van der Waals surface area contributed by atoms with Crippen molar-refractivity contribution in [1.82, 2.24) is 4.90 Å². The van der Waals surface area contributed by atoms with Gasteiger partial charge < -0.3 is 14.4 Å². The molecule has 1 N–H and O–H groups in total. The van der Waals surface area contributed by atoms with Gasteiger partial charge in [0.15, 0.2) is 0 Å². The quantitative estimate of drug-likeness (QED) is 0.944. The SMILES string of the molecule is CC(C(=O)N1CCCC(CO)C1)c1cc2ccccc2o1. The number of carbonyl (C=O) groups is 1. The molecule has 1 fully saturated rings. The van der Waals surface area contributed by atoms with Crippen LogP contribution in [0.1, 0.15) is 31.4 Å². The Hall–Kier alpha value is -1.81. The van der Waals surface area contributed by atoms with Crippen LogP contribution < -0.4 is 0 Å². The smallest absolute Gasteiger partial charge is 0.233 e. The van der Waals surface area contributed by atoms with Crippen molar-refractivity contribution in [3.63, 3.8) is 0 Å². The molecule has 2 atom stereocenters. The molecule has 0 radical (unpaired) electrons. The fourth-order valence-corrected chi connectivity index (χ4v) is 3.03. The van der Waals surface area contributed by atoms with Crippen molar-refractivity contribution in [2.24, 2.45) is 5.92 Å². The van der Waals surface area contributed by atoms with Crippen molar-refractivity contribution in [3.05, 3.63) is 36.1 Å². The predicted molar refractivity (Wildman–Crippen MR) is 81.0 cm³/mol. The summed E-state index contributed by atoms with van der Waals surface area (Å²) in [6, 6.07) is 9.75. The van der Waals surface area contributed by atoms with Gasteiger partial charge in [0, 0.05) is 25.1 Å². The summed E-state index contributed by atoms with van der Waals surface area (Å²) in [5.74, 6) is 0.736. The van der Waals surface area contributed by atoms with Crippen molar-refractivity contribution >= 4 is 16.9 Å². The standard InChI is InChI=1S/C17H21NO3/c1-12(16-9-14-6-2-3-7-15(14)21-16)17(20)18-8-4-5-13(10-18)11-19/h2-3,6-7,9,12-13,19H,4-5,8,10-11H2,1H3. The molecule has 1 saturated heterocycles. The molecule has 2 unspecified atom stereocenters. The first-order chi connectivity index (χ1) is 10.2. The largest absolute Gasteiger partial charge is 0.460 e. The highest BCUT2D eigenvalue weighted by atomic mass is 16.3. The van der Waals surface area contributed by atoms with Crippen LogP contribution in [0, 0.1) is 5.92 Å².